The number of carbonyl (C=O) groups is 1. The summed E-state index contributed by atoms with van der Waals surface area (Å²) >= 11 is 0. The molecular formula is C19H17N3O3. The zero-order valence-electron chi connectivity index (χ0n) is 13.5. The third-order valence-corrected chi connectivity index (χ3v) is 4.17. The second-order valence-corrected chi connectivity index (χ2v) is 5.80. The molecule has 0 saturated carbocycles. The van der Waals surface area contributed by atoms with Crippen LogP contribution >= 0.6 is 0 Å². The van der Waals surface area contributed by atoms with Crippen molar-refractivity contribution >= 4 is 5.91 Å². The van der Waals surface area contributed by atoms with Crippen molar-refractivity contribution in [3.05, 3.63) is 66.3 Å². The molecule has 0 spiro atoms. The number of hydrogen-bond donors (Lipinski definition) is 1. The highest BCUT2D eigenvalue weighted by Gasteiger charge is 2.26. The highest BCUT2D eigenvalue weighted by Crippen LogP contribution is 2.27. The number of amides is 1. The molecule has 0 saturated heterocycles. The van der Waals surface area contributed by atoms with E-state index in [1.54, 1.807) is 24.7 Å². The molecule has 6 heteroatoms. The first-order valence-corrected chi connectivity index (χ1v) is 8.17. The van der Waals surface area contributed by atoms with E-state index in [1.807, 2.05) is 30.3 Å². The average molecular weight is 335 g/mol. The maximum Gasteiger partial charge on any atom is 0.261 e. The molecule has 2 aromatic heterocycles. The smallest absolute Gasteiger partial charge is 0.261 e. The molecule has 1 aliphatic rings. The zero-order valence-corrected chi connectivity index (χ0v) is 13.5. The van der Waals surface area contributed by atoms with Gasteiger partial charge in [-0.1, -0.05) is 18.2 Å². The molecule has 6 nitrogen and oxygen atoms in total. The van der Waals surface area contributed by atoms with Gasteiger partial charge in [-0.25, -0.2) is 4.98 Å². The number of nitrogens with zero attached hydrogens (tertiary/aromatic N) is 2. The SMILES string of the molecule is O=C(NCc1nccnc1-c1ccco1)[C@H]1CCc2ccccc2O1. The second-order valence-electron chi connectivity index (χ2n) is 5.80. The molecule has 1 N–H and O–H groups in total. The van der Waals surface area contributed by atoms with Gasteiger partial charge in [0.1, 0.15) is 11.4 Å². The third-order valence-electron chi connectivity index (χ3n) is 4.17. The summed E-state index contributed by atoms with van der Waals surface area (Å²) in [5.41, 5.74) is 2.42. The molecule has 25 heavy (non-hydrogen) atoms. The van der Waals surface area contributed by atoms with Gasteiger partial charge in [0.05, 0.1) is 18.5 Å². The van der Waals surface area contributed by atoms with E-state index in [0.717, 1.165) is 17.7 Å². The van der Waals surface area contributed by atoms with Gasteiger partial charge in [-0.2, -0.15) is 0 Å². The first-order valence-electron chi connectivity index (χ1n) is 8.17. The predicted octanol–water partition coefficient (Wildman–Crippen LogP) is 2.75. The summed E-state index contributed by atoms with van der Waals surface area (Å²) in [6.07, 6.45) is 5.79. The van der Waals surface area contributed by atoms with Gasteiger partial charge in [-0.15, -0.1) is 0 Å². The Morgan fingerprint density at radius 1 is 1.16 bits per heavy atom. The van der Waals surface area contributed by atoms with E-state index in [4.69, 9.17) is 9.15 Å². The molecule has 1 aliphatic heterocycles. The van der Waals surface area contributed by atoms with Crippen molar-refractivity contribution in [1.29, 1.82) is 0 Å². The summed E-state index contributed by atoms with van der Waals surface area (Å²) < 4.78 is 11.2. The lowest BCUT2D eigenvalue weighted by molar-refractivity contribution is -0.128. The number of nitrogens with one attached hydrogen (secondary N) is 1. The quantitative estimate of drug-likeness (QED) is 0.793. The van der Waals surface area contributed by atoms with Crippen LogP contribution in [0.15, 0.2) is 59.5 Å². The first-order chi connectivity index (χ1) is 12.3. The van der Waals surface area contributed by atoms with E-state index in [0.29, 0.717) is 23.6 Å². The Kier molecular flexibility index (Phi) is 4.16. The van der Waals surface area contributed by atoms with E-state index in [1.165, 1.54) is 0 Å². The lowest BCUT2D eigenvalue weighted by Crippen LogP contribution is -2.40. The maximum atomic E-state index is 12.5. The largest absolute Gasteiger partial charge is 0.480 e. The van der Waals surface area contributed by atoms with E-state index < -0.39 is 6.10 Å². The zero-order chi connectivity index (χ0) is 17.1. The summed E-state index contributed by atoms with van der Waals surface area (Å²) in [5, 5.41) is 2.89. The molecule has 0 aliphatic carbocycles. The van der Waals surface area contributed by atoms with Crippen molar-refractivity contribution in [2.75, 3.05) is 0 Å². The van der Waals surface area contributed by atoms with Crippen LogP contribution in [0, 0.1) is 0 Å². The van der Waals surface area contributed by atoms with Crippen molar-refractivity contribution < 1.29 is 13.9 Å². The van der Waals surface area contributed by atoms with E-state index >= 15 is 0 Å². The van der Waals surface area contributed by atoms with E-state index in [9.17, 15) is 4.79 Å². The monoisotopic (exact) mass is 335 g/mol. The molecule has 3 heterocycles. The summed E-state index contributed by atoms with van der Waals surface area (Å²) in [7, 11) is 0. The molecule has 0 bridgehead atoms. The fraction of sp³-hybridized carbons (Fsp3) is 0.211. The Morgan fingerprint density at radius 2 is 2.04 bits per heavy atom. The first kappa shape index (κ1) is 15.4. The maximum absolute atomic E-state index is 12.5. The van der Waals surface area contributed by atoms with E-state index in [2.05, 4.69) is 15.3 Å². The van der Waals surface area contributed by atoms with Crippen LogP contribution in [0.4, 0.5) is 0 Å². The fourth-order valence-corrected chi connectivity index (χ4v) is 2.91. The Labute approximate surface area is 144 Å². The van der Waals surface area contributed by atoms with Gasteiger partial charge >= 0.3 is 0 Å². The molecule has 0 unspecified atom stereocenters. The lowest BCUT2D eigenvalue weighted by atomic mass is 10.0. The summed E-state index contributed by atoms with van der Waals surface area (Å²) in [4.78, 5) is 21.1. The van der Waals surface area contributed by atoms with Crippen molar-refractivity contribution in [3.63, 3.8) is 0 Å². The number of aryl methyl sites for hydroxylation is 1. The van der Waals surface area contributed by atoms with Crippen LogP contribution in [-0.4, -0.2) is 22.0 Å². The Hall–Kier alpha value is -3.15. The van der Waals surface area contributed by atoms with Gasteiger partial charge in [0.25, 0.3) is 5.91 Å². The summed E-state index contributed by atoms with van der Waals surface area (Å²) in [5.74, 6) is 1.26. The van der Waals surface area contributed by atoms with Crippen LogP contribution in [0.2, 0.25) is 0 Å². The number of benzene rings is 1. The number of para-hydroxylation sites is 1. The van der Waals surface area contributed by atoms with Crippen molar-refractivity contribution in [3.8, 4) is 17.2 Å². The average Bonchev–Trinajstić information content (AvgIpc) is 3.20. The number of hydrogen-bond acceptors (Lipinski definition) is 5. The van der Waals surface area contributed by atoms with Crippen LogP contribution in [0.1, 0.15) is 17.7 Å². The summed E-state index contributed by atoms with van der Waals surface area (Å²) in [6, 6.07) is 11.4. The van der Waals surface area contributed by atoms with Gasteiger partial charge in [0, 0.05) is 12.4 Å². The molecule has 0 radical (unpaired) electrons. The highest BCUT2D eigenvalue weighted by molar-refractivity contribution is 5.81. The summed E-state index contributed by atoms with van der Waals surface area (Å²) in [6.45, 7) is 0.268. The van der Waals surface area contributed by atoms with Gasteiger partial charge in [0.15, 0.2) is 11.9 Å². The topological polar surface area (TPSA) is 77.3 Å². The number of ether oxygens (including phenoxy) is 1. The number of aromatic nitrogens is 2. The van der Waals surface area contributed by atoms with Crippen LogP contribution in [0.25, 0.3) is 11.5 Å². The fourth-order valence-electron chi connectivity index (χ4n) is 2.91. The predicted molar refractivity (Wildman–Crippen MR) is 90.8 cm³/mol. The van der Waals surface area contributed by atoms with Crippen LogP contribution in [0.5, 0.6) is 5.75 Å². The van der Waals surface area contributed by atoms with Gasteiger partial charge in [-0.05, 0) is 36.6 Å². The Morgan fingerprint density at radius 3 is 2.92 bits per heavy atom. The molecule has 1 aromatic carbocycles. The molecule has 126 valence electrons. The number of rotatable bonds is 4. The van der Waals surface area contributed by atoms with Crippen molar-refractivity contribution in [2.45, 2.75) is 25.5 Å². The highest BCUT2D eigenvalue weighted by atomic mass is 16.5. The lowest BCUT2D eigenvalue weighted by Gasteiger charge is -2.25. The van der Waals surface area contributed by atoms with Gasteiger partial charge < -0.3 is 14.5 Å². The molecule has 0 fully saturated rings. The minimum absolute atomic E-state index is 0.148. The van der Waals surface area contributed by atoms with E-state index in [-0.39, 0.29) is 12.5 Å². The van der Waals surface area contributed by atoms with Crippen LogP contribution < -0.4 is 10.1 Å². The van der Waals surface area contributed by atoms with Crippen molar-refractivity contribution in [2.24, 2.45) is 0 Å². The molecular weight excluding hydrogens is 318 g/mol. The minimum atomic E-state index is -0.487. The van der Waals surface area contributed by atoms with Crippen molar-refractivity contribution in [1.82, 2.24) is 15.3 Å². The van der Waals surface area contributed by atoms with Crippen LogP contribution in [-0.2, 0) is 17.8 Å². The van der Waals surface area contributed by atoms with Gasteiger partial charge in [0.2, 0.25) is 0 Å². The molecule has 1 atom stereocenters. The second kappa shape index (κ2) is 6.76. The molecule has 1 amide bonds. The minimum Gasteiger partial charge on any atom is -0.480 e. The Balaban J connectivity index is 1.44. The third kappa shape index (κ3) is 3.24. The van der Waals surface area contributed by atoms with Gasteiger partial charge in [-0.3, -0.25) is 9.78 Å². The number of fused-ring (bicyclic) bond motifs is 1. The normalized spacial score (nSPS) is 15.9. The van der Waals surface area contributed by atoms with Crippen LogP contribution in [0.3, 0.4) is 0 Å². The number of furan rings is 1. The number of carbonyl (C=O) groups excluding carboxylic acids is 1. The standard InChI is InChI=1S/C19H17N3O3/c23-19(17-8-7-13-4-1-2-5-15(13)25-17)22-12-14-18(21-10-9-20-14)16-6-3-11-24-16/h1-6,9-11,17H,7-8,12H2,(H,22,23)/t17-/m1/s1. The Bertz CT molecular complexity index is 877. The molecule has 3 aromatic rings. The molecule has 4 rings (SSSR count).